The van der Waals surface area contributed by atoms with Crippen LogP contribution in [0.25, 0.3) is 0 Å². The van der Waals surface area contributed by atoms with Crippen molar-refractivity contribution in [3.63, 3.8) is 0 Å². The van der Waals surface area contributed by atoms with E-state index in [1.807, 2.05) is 30.3 Å². The third kappa shape index (κ3) is 2.84. The quantitative estimate of drug-likeness (QED) is 0.682. The number of hydrogen-bond acceptors (Lipinski definition) is 1. The number of aliphatic imine (C=N–C) groups is 1. The van der Waals surface area contributed by atoms with Gasteiger partial charge in [0.2, 0.25) is 0 Å². The second-order valence-electron chi connectivity index (χ2n) is 3.26. The zero-order chi connectivity index (χ0) is 11.4. The van der Waals surface area contributed by atoms with E-state index in [9.17, 15) is 0 Å². The van der Waals surface area contributed by atoms with Crippen LogP contribution in [0.15, 0.2) is 53.5 Å². The summed E-state index contributed by atoms with van der Waals surface area (Å²) in [7, 11) is 0. The van der Waals surface area contributed by atoms with Gasteiger partial charge in [-0.2, -0.15) is 0 Å². The maximum absolute atomic E-state index is 5.99. The molecule has 2 aromatic rings. The zero-order valence-electron chi connectivity index (χ0n) is 8.40. The van der Waals surface area contributed by atoms with Crippen LogP contribution in [0.5, 0.6) is 0 Å². The molecule has 16 heavy (non-hydrogen) atoms. The molecule has 80 valence electrons. The number of benzene rings is 2. The summed E-state index contributed by atoms with van der Waals surface area (Å²) in [5.41, 5.74) is 1.71. The number of nitrogens with zero attached hydrogens (tertiary/aromatic N) is 1. The fraction of sp³-hybridized carbons (Fsp3) is 0. The number of rotatable bonds is 2. The summed E-state index contributed by atoms with van der Waals surface area (Å²) in [4.78, 5) is 4.30. The predicted octanol–water partition coefficient (Wildman–Crippen LogP) is 4.74. The van der Waals surface area contributed by atoms with Gasteiger partial charge in [-0.3, -0.25) is 4.99 Å². The van der Waals surface area contributed by atoms with Gasteiger partial charge in [0, 0.05) is 11.2 Å². The third-order valence-electron chi connectivity index (χ3n) is 2.06. The van der Waals surface area contributed by atoms with Crippen LogP contribution in [0.4, 0.5) is 5.69 Å². The fourth-order valence-electron chi connectivity index (χ4n) is 1.27. The van der Waals surface area contributed by atoms with E-state index in [2.05, 4.69) is 4.99 Å². The molecule has 0 saturated heterocycles. The minimum Gasteiger partial charge on any atom is -0.255 e. The maximum atomic E-state index is 5.99. The van der Waals surface area contributed by atoms with Gasteiger partial charge < -0.3 is 0 Å². The van der Waals surface area contributed by atoms with Crippen molar-refractivity contribution in [3.8, 4) is 0 Å². The molecule has 0 N–H and O–H groups in total. The van der Waals surface area contributed by atoms with Crippen molar-refractivity contribution in [2.24, 2.45) is 4.99 Å². The minimum absolute atomic E-state index is 0.594. The Morgan fingerprint density at radius 1 is 0.938 bits per heavy atom. The van der Waals surface area contributed by atoms with E-state index in [1.165, 1.54) is 0 Å². The summed E-state index contributed by atoms with van der Waals surface area (Å²) < 4.78 is 0. The number of halogens is 2. The Labute approximate surface area is 104 Å². The molecule has 0 atom stereocenters. The molecule has 0 bridgehead atoms. The monoisotopic (exact) mass is 249 g/mol. The lowest BCUT2D eigenvalue weighted by molar-refractivity contribution is 1.52. The van der Waals surface area contributed by atoms with Crippen LogP contribution < -0.4 is 0 Å². The van der Waals surface area contributed by atoms with Crippen molar-refractivity contribution < 1.29 is 0 Å². The maximum Gasteiger partial charge on any atom is 0.0830 e. The first kappa shape index (κ1) is 11.2. The summed E-state index contributed by atoms with van der Waals surface area (Å²) >= 11 is 11.9. The van der Waals surface area contributed by atoms with Crippen LogP contribution in [-0.4, -0.2) is 6.21 Å². The molecule has 0 saturated carbocycles. The summed E-state index contributed by atoms with van der Waals surface area (Å²) in [6.45, 7) is 0. The van der Waals surface area contributed by atoms with Crippen LogP contribution >= 0.6 is 23.2 Å². The van der Waals surface area contributed by atoms with E-state index in [1.54, 1.807) is 24.4 Å². The second kappa shape index (κ2) is 5.15. The summed E-state index contributed by atoms with van der Waals surface area (Å²) in [5.74, 6) is 0. The minimum atomic E-state index is 0.594. The van der Waals surface area contributed by atoms with Gasteiger partial charge in [-0.05, 0) is 23.8 Å². The topological polar surface area (TPSA) is 12.4 Å². The summed E-state index contributed by atoms with van der Waals surface area (Å²) in [6, 6.07) is 15.0. The van der Waals surface area contributed by atoms with Crippen molar-refractivity contribution in [1.82, 2.24) is 0 Å². The molecule has 2 rings (SSSR count). The smallest absolute Gasteiger partial charge is 0.0830 e. The van der Waals surface area contributed by atoms with Gasteiger partial charge in [0.15, 0.2) is 0 Å². The van der Waals surface area contributed by atoms with Crippen molar-refractivity contribution in [3.05, 3.63) is 64.1 Å². The van der Waals surface area contributed by atoms with Gasteiger partial charge >= 0.3 is 0 Å². The predicted molar refractivity (Wildman–Crippen MR) is 70.2 cm³/mol. The van der Waals surface area contributed by atoms with Crippen molar-refractivity contribution >= 4 is 35.1 Å². The summed E-state index contributed by atoms with van der Waals surface area (Å²) in [6.07, 6.45) is 1.76. The first-order valence-corrected chi connectivity index (χ1v) is 5.55. The van der Waals surface area contributed by atoms with Gasteiger partial charge in [-0.15, -0.1) is 0 Å². The molecule has 0 aliphatic carbocycles. The summed E-state index contributed by atoms with van der Waals surface area (Å²) in [5, 5.41) is 1.22. The molecular formula is C13H9Cl2N. The molecular weight excluding hydrogens is 241 g/mol. The van der Waals surface area contributed by atoms with E-state index in [4.69, 9.17) is 23.2 Å². The highest BCUT2D eigenvalue weighted by molar-refractivity contribution is 6.35. The lowest BCUT2D eigenvalue weighted by Crippen LogP contribution is -1.78. The molecule has 0 spiro atoms. The van der Waals surface area contributed by atoms with E-state index in [-0.39, 0.29) is 0 Å². The normalized spacial score (nSPS) is 10.9. The van der Waals surface area contributed by atoms with Crippen molar-refractivity contribution in [2.75, 3.05) is 0 Å². The van der Waals surface area contributed by atoms with Crippen LogP contribution in [-0.2, 0) is 0 Å². The van der Waals surface area contributed by atoms with E-state index < -0.39 is 0 Å². The lowest BCUT2D eigenvalue weighted by Gasteiger charge is -1.98. The molecule has 2 aromatic carbocycles. The van der Waals surface area contributed by atoms with Crippen LogP contribution in [0.1, 0.15) is 5.56 Å². The second-order valence-corrected chi connectivity index (χ2v) is 4.11. The third-order valence-corrected chi connectivity index (χ3v) is 2.62. The molecule has 0 radical (unpaired) electrons. The first-order chi connectivity index (χ1) is 7.75. The Bertz CT molecular complexity index is 507. The van der Waals surface area contributed by atoms with Crippen LogP contribution in [0, 0.1) is 0 Å². The Kier molecular flexibility index (Phi) is 3.60. The first-order valence-electron chi connectivity index (χ1n) is 4.80. The SMILES string of the molecule is Clc1ccc(Cl)c(N=Cc2ccccc2)c1. The van der Waals surface area contributed by atoms with Gasteiger partial charge in [0.05, 0.1) is 10.7 Å². The van der Waals surface area contributed by atoms with Crippen LogP contribution in [0.2, 0.25) is 10.0 Å². The van der Waals surface area contributed by atoms with E-state index in [0.29, 0.717) is 15.7 Å². The fourth-order valence-corrected chi connectivity index (χ4v) is 1.60. The number of hydrogen-bond donors (Lipinski definition) is 0. The molecule has 0 amide bonds. The highest BCUT2D eigenvalue weighted by atomic mass is 35.5. The average molecular weight is 250 g/mol. The van der Waals surface area contributed by atoms with Crippen molar-refractivity contribution in [2.45, 2.75) is 0 Å². The molecule has 0 aliphatic heterocycles. The zero-order valence-corrected chi connectivity index (χ0v) is 9.91. The highest BCUT2D eigenvalue weighted by Crippen LogP contribution is 2.27. The lowest BCUT2D eigenvalue weighted by atomic mass is 10.2. The Balaban J connectivity index is 2.27. The highest BCUT2D eigenvalue weighted by Gasteiger charge is 1.98. The van der Waals surface area contributed by atoms with Crippen molar-refractivity contribution in [1.29, 1.82) is 0 Å². The average Bonchev–Trinajstić information content (AvgIpc) is 2.32. The van der Waals surface area contributed by atoms with Gasteiger partial charge in [-0.1, -0.05) is 53.5 Å². The Hall–Kier alpha value is -1.31. The van der Waals surface area contributed by atoms with Gasteiger partial charge in [0.1, 0.15) is 0 Å². The molecule has 3 heteroatoms. The van der Waals surface area contributed by atoms with E-state index in [0.717, 1.165) is 5.56 Å². The largest absolute Gasteiger partial charge is 0.255 e. The Morgan fingerprint density at radius 2 is 1.69 bits per heavy atom. The van der Waals surface area contributed by atoms with Gasteiger partial charge in [0.25, 0.3) is 0 Å². The molecule has 1 nitrogen and oxygen atoms in total. The van der Waals surface area contributed by atoms with E-state index >= 15 is 0 Å². The van der Waals surface area contributed by atoms with Gasteiger partial charge in [-0.25, -0.2) is 0 Å². The Morgan fingerprint density at radius 3 is 2.44 bits per heavy atom. The molecule has 0 heterocycles. The molecule has 0 aliphatic rings. The standard InChI is InChI=1S/C13H9Cl2N/c14-11-6-7-12(15)13(8-11)16-9-10-4-2-1-3-5-10/h1-9H. The molecule has 0 fully saturated rings. The molecule has 0 unspecified atom stereocenters. The molecule has 0 aromatic heterocycles. The van der Waals surface area contributed by atoms with Crippen LogP contribution in [0.3, 0.4) is 0 Å².